The summed E-state index contributed by atoms with van der Waals surface area (Å²) in [5.74, 6) is -0.599. The molecule has 0 aliphatic carbocycles. The van der Waals surface area contributed by atoms with Crippen molar-refractivity contribution in [3.05, 3.63) is 29.3 Å². The second kappa shape index (κ2) is 6.80. The fraction of sp³-hybridized carbons (Fsp3) is 0.467. The lowest BCUT2D eigenvalue weighted by Gasteiger charge is -2.36. The van der Waals surface area contributed by atoms with Crippen molar-refractivity contribution in [2.75, 3.05) is 11.9 Å². The van der Waals surface area contributed by atoms with E-state index in [1.807, 2.05) is 6.92 Å². The van der Waals surface area contributed by atoms with E-state index in [0.29, 0.717) is 29.6 Å². The lowest BCUT2D eigenvalue weighted by atomic mass is 9.89. The van der Waals surface area contributed by atoms with Gasteiger partial charge in [0.15, 0.2) is 0 Å². The number of hydrogen-bond donors (Lipinski definition) is 2. The quantitative estimate of drug-likeness (QED) is 0.898. The lowest BCUT2D eigenvalue weighted by Crippen LogP contribution is -2.51. The predicted octanol–water partition coefficient (Wildman–Crippen LogP) is 3.45. The number of likely N-dealkylation sites (tertiary alicyclic amines) is 1. The number of carboxylic acids is 1. The van der Waals surface area contributed by atoms with Crippen LogP contribution in [0, 0.1) is 5.92 Å². The summed E-state index contributed by atoms with van der Waals surface area (Å²) >= 11 is 6.00. The van der Waals surface area contributed by atoms with E-state index in [4.69, 9.17) is 11.6 Å². The van der Waals surface area contributed by atoms with E-state index in [1.165, 1.54) is 4.90 Å². The van der Waals surface area contributed by atoms with Crippen LogP contribution in [-0.4, -0.2) is 34.6 Å². The number of benzene rings is 1. The van der Waals surface area contributed by atoms with Crippen LogP contribution in [0.4, 0.5) is 10.5 Å². The molecule has 2 amide bonds. The minimum absolute atomic E-state index is 0.357. The molecule has 2 atom stereocenters. The molecule has 2 N–H and O–H groups in total. The number of anilines is 1. The standard InChI is InChI=1S/C15H19ClN2O3/c1-2-10-7-8-18(13(9-10)14(19)20)15(21)17-12-6-4-3-5-11(12)16/h3-6,10,13H,2,7-9H2,1H3,(H,17,21)(H,19,20). The summed E-state index contributed by atoms with van der Waals surface area (Å²) in [6.07, 6.45) is 2.27. The Morgan fingerprint density at radius 2 is 2.14 bits per heavy atom. The molecule has 114 valence electrons. The number of carbonyl (C=O) groups excluding carboxylic acids is 1. The molecule has 21 heavy (non-hydrogen) atoms. The number of nitrogens with zero attached hydrogens (tertiary/aromatic N) is 1. The molecule has 0 saturated carbocycles. The molecule has 6 heteroatoms. The van der Waals surface area contributed by atoms with Crippen molar-refractivity contribution in [2.45, 2.75) is 32.2 Å². The van der Waals surface area contributed by atoms with Crippen molar-refractivity contribution in [3.63, 3.8) is 0 Å². The molecule has 5 nitrogen and oxygen atoms in total. The van der Waals surface area contributed by atoms with E-state index in [2.05, 4.69) is 5.32 Å². The molecule has 2 unspecified atom stereocenters. The second-order valence-electron chi connectivity index (χ2n) is 5.26. The van der Waals surface area contributed by atoms with Crippen molar-refractivity contribution in [1.29, 1.82) is 0 Å². The number of halogens is 1. The van der Waals surface area contributed by atoms with Crippen molar-refractivity contribution in [3.8, 4) is 0 Å². The number of para-hydroxylation sites is 1. The monoisotopic (exact) mass is 310 g/mol. The van der Waals surface area contributed by atoms with Gasteiger partial charge in [0.05, 0.1) is 10.7 Å². The number of piperidine rings is 1. The predicted molar refractivity (Wildman–Crippen MR) is 81.6 cm³/mol. The molecule has 1 fully saturated rings. The maximum absolute atomic E-state index is 12.3. The molecule has 0 spiro atoms. The van der Waals surface area contributed by atoms with E-state index in [-0.39, 0.29) is 0 Å². The van der Waals surface area contributed by atoms with Gasteiger partial charge < -0.3 is 15.3 Å². The number of carbonyl (C=O) groups is 2. The normalized spacial score (nSPS) is 21.9. The first-order valence-corrected chi connectivity index (χ1v) is 7.45. The molecular weight excluding hydrogens is 292 g/mol. The zero-order valence-electron chi connectivity index (χ0n) is 11.9. The Morgan fingerprint density at radius 1 is 1.43 bits per heavy atom. The van der Waals surface area contributed by atoms with Crippen molar-refractivity contribution in [2.24, 2.45) is 5.92 Å². The van der Waals surface area contributed by atoms with Crippen molar-refractivity contribution < 1.29 is 14.7 Å². The van der Waals surface area contributed by atoms with Gasteiger partial charge in [-0.15, -0.1) is 0 Å². The third kappa shape index (κ3) is 3.67. The summed E-state index contributed by atoms with van der Waals surface area (Å²) in [5, 5.41) is 12.5. The van der Waals surface area contributed by atoms with Gasteiger partial charge in [-0.3, -0.25) is 0 Å². The Labute approximate surface area is 128 Å². The third-order valence-corrected chi connectivity index (χ3v) is 4.28. The molecule has 1 aromatic carbocycles. The van der Waals surface area contributed by atoms with Crippen LogP contribution in [0.3, 0.4) is 0 Å². The second-order valence-corrected chi connectivity index (χ2v) is 5.66. The number of carboxylic acid groups (broad SMARTS) is 1. The zero-order chi connectivity index (χ0) is 15.4. The molecule has 0 radical (unpaired) electrons. The van der Waals surface area contributed by atoms with Crippen LogP contribution in [0.25, 0.3) is 0 Å². The summed E-state index contributed by atoms with van der Waals surface area (Å²) in [5.41, 5.74) is 0.492. The smallest absolute Gasteiger partial charge is 0.326 e. The highest BCUT2D eigenvalue weighted by Gasteiger charge is 2.35. The number of nitrogens with one attached hydrogen (secondary N) is 1. The Bertz CT molecular complexity index is 535. The summed E-state index contributed by atoms with van der Waals surface area (Å²) in [6.45, 7) is 2.49. The number of amides is 2. The molecular formula is C15H19ClN2O3. The van der Waals surface area contributed by atoms with Crippen LogP contribution in [-0.2, 0) is 4.79 Å². The Kier molecular flexibility index (Phi) is 5.07. The number of rotatable bonds is 3. The lowest BCUT2D eigenvalue weighted by molar-refractivity contribution is -0.143. The first kappa shape index (κ1) is 15.6. The number of urea groups is 1. The Morgan fingerprint density at radius 3 is 2.76 bits per heavy atom. The van der Waals surface area contributed by atoms with Crippen molar-refractivity contribution >= 4 is 29.3 Å². The van der Waals surface area contributed by atoms with E-state index < -0.39 is 18.0 Å². The largest absolute Gasteiger partial charge is 0.480 e. The fourth-order valence-corrected chi connectivity index (χ4v) is 2.82. The summed E-state index contributed by atoms with van der Waals surface area (Å²) in [4.78, 5) is 25.1. The topological polar surface area (TPSA) is 69.6 Å². The Balaban J connectivity index is 2.10. The molecule has 0 aromatic heterocycles. The molecule has 1 aliphatic heterocycles. The van der Waals surface area contributed by atoms with E-state index in [9.17, 15) is 14.7 Å². The van der Waals surface area contributed by atoms with Crippen LogP contribution in [0.5, 0.6) is 0 Å². The summed E-state index contributed by atoms with van der Waals surface area (Å²) in [7, 11) is 0. The first-order chi connectivity index (χ1) is 10.0. The van der Waals surface area contributed by atoms with Crippen LogP contribution in [0.1, 0.15) is 26.2 Å². The zero-order valence-corrected chi connectivity index (χ0v) is 12.6. The van der Waals surface area contributed by atoms with Gasteiger partial charge in [0.25, 0.3) is 0 Å². The van der Waals surface area contributed by atoms with Crippen LogP contribution in [0.15, 0.2) is 24.3 Å². The summed E-state index contributed by atoms with van der Waals surface area (Å²) in [6, 6.07) is 5.71. The van der Waals surface area contributed by atoms with Gasteiger partial charge in [-0.2, -0.15) is 0 Å². The molecule has 1 saturated heterocycles. The molecule has 1 aromatic rings. The van der Waals surface area contributed by atoms with Gasteiger partial charge in [0.1, 0.15) is 6.04 Å². The van der Waals surface area contributed by atoms with Crippen molar-refractivity contribution in [1.82, 2.24) is 4.90 Å². The highest BCUT2D eigenvalue weighted by atomic mass is 35.5. The van der Waals surface area contributed by atoms with Gasteiger partial charge in [-0.05, 0) is 30.9 Å². The van der Waals surface area contributed by atoms with E-state index in [1.54, 1.807) is 24.3 Å². The van der Waals surface area contributed by atoms with Gasteiger partial charge in [-0.25, -0.2) is 9.59 Å². The molecule has 1 aliphatic rings. The highest BCUT2D eigenvalue weighted by molar-refractivity contribution is 6.33. The minimum Gasteiger partial charge on any atom is -0.480 e. The minimum atomic E-state index is -0.956. The number of hydrogen-bond acceptors (Lipinski definition) is 2. The SMILES string of the molecule is CCC1CCN(C(=O)Nc2ccccc2Cl)C(C(=O)O)C1. The van der Waals surface area contributed by atoms with Crippen LogP contribution >= 0.6 is 11.6 Å². The molecule has 2 rings (SSSR count). The maximum atomic E-state index is 12.3. The van der Waals surface area contributed by atoms with E-state index in [0.717, 1.165) is 12.8 Å². The first-order valence-electron chi connectivity index (χ1n) is 7.07. The van der Waals surface area contributed by atoms with E-state index >= 15 is 0 Å². The van der Waals surface area contributed by atoms with Gasteiger partial charge in [0, 0.05) is 6.54 Å². The number of aliphatic carboxylic acids is 1. The Hall–Kier alpha value is -1.75. The molecule has 0 bridgehead atoms. The molecule has 1 heterocycles. The average Bonchev–Trinajstić information content (AvgIpc) is 2.48. The average molecular weight is 311 g/mol. The fourth-order valence-electron chi connectivity index (χ4n) is 2.64. The summed E-state index contributed by atoms with van der Waals surface area (Å²) < 4.78 is 0. The van der Waals surface area contributed by atoms with Crippen LogP contribution in [0.2, 0.25) is 5.02 Å². The maximum Gasteiger partial charge on any atom is 0.326 e. The van der Waals surface area contributed by atoms with Gasteiger partial charge >= 0.3 is 12.0 Å². The van der Waals surface area contributed by atoms with Gasteiger partial charge in [-0.1, -0.05) is 37.1 Å². The van der Waals surface area contributed by atoms with Gasteiger partial charge in [0.2, 0.25) is 0 Å². The van der Waals surface area contributed by atoms with Crippen LogP contribution < -0.4 is 5.32 Å². The highest BCUT2D eigenvalue weighted by Crippen LogP contribution is 2.27. The third-order valence-electron chi connectivity index (χ3n) is 3.95.